The zero-order valence-corrected chi connectivity index (χ0v) is 16.7. The molecule has 0 saturated heterocycles. The third kappa shape index (κ3) is 4.45. The van der Waals surface area contributed by atoms with Crippen molar-refractivity contribution in [2.24, 2.45) is 0 Å². The number of thiophene rings is 1. The van der Waals surface area contributed by atoms with Crippen LogP contribution in [0.5, 0.6) is 0 Å². The van der Waals surface area contributed by atoms with Crippen LogP contribution in [0.3, 0.4) is 0 Å². The summed E-state index contributed by atoms with van der Waals surface area (Å²) < 4.78 is 5.30. The first-order chi connectivity index (χ1) is 13.3. The molecule has 8 heteroatoms. The number of amides is 1. The number of nitrogens with one attached hydrogen (secondary N) is 2. The highest BCUT2D eigenvalue weighted by Crippen LogP contribution is 2.26. The van der Waals surface area contributed by atoms with E-state index in [2.05, 4.69) is 15.3 Å². The maximum Gasteiger partial charge on any atom is 0.326 e. The smallest absolute Gasteiger partial charge is 0.326 e. The van der Waals surface area contributed by atoms with Crippen molar-refractivity contribution in [2.75, 3.05) is 6.54 Å². The van der Waals surface area contributed by atoms with Gasteiger partial charge in [-0.15, -0.1) is 11.3 Å². The van der Waals surface area contributed by atoms with Gasteiger partial charge in [-0.2, -0.15) is 0 Å². The fraction of sp³-hybridized carbons (Fsp3) is 0.300. The van der Waals surface area contributed by atoms with E-state index >= 15 is 0 Å². The molecule has 0 spiro atoms. The van der Waals surface area contributed by atoms with Gasteiger partial charge in [-0.25, -0.2) is 4.98 Å². The number of rotatable bonds is 6. The minimum atomic E-state index is -0.738. The standard InChI is InChI=1S/C20H21N3O4S/c1-11-13(3)28-20-17(11)19(26)22-18(23-20)12(2)27-16(25)10-21-15(24)9-14-7-5-4-6-8-14/h4-8,12H,9-10H2,1-3H3,(H,21,24)(H,22,23,26)/t12-/m1/s1. The molecule has 0 fully saturated rings. The lowest BCUT2D eigenvalue weighted by Gasteiger charge is -2.13. The summed E-state index contributed by atoms with van der Waals surface area (Å²) in [6.45, 7) is 5.19. The molecule has 0 unspecified atom stereocenters. The van der Waals surface area contributed by atoms with Crippen molar-refractivity contribution in [3.05, 3.63) is 62.5 Å². The summed E-state index contributed by atoms with van der Waals surface area (Å²) >= 11 is 1.43. The van der Waals surface area contributed by atoms with E-state index in [1.165, 1.54) is 11.3 Å². The van der Waals surface area contributed by atoms with Crippen molar-refractivity contribution in [3.63, 3.8) is 0 Å². The van der Waals surface area contributed by atoms with Gasteiger partial charge in [0, 0.05) is 4.88 Å². The Hall–Kier alpha value is -3.00. The molecule has 0 saturated carbocycles. The Kier molecular flexibility index (Phi) is 5.89. The van der Waals surface area contributed by atoms with Crippen LogP contribution in [-0.2, 0) is 20.7 Å². The van der Waals surface area contributed by atoms with Crippen LogP contribution in [0.2, 0.25) is 0 Å². The van der Waals surface area contributed by atoms with Gasteiger partial charge in [0.1, 0.15) is 11.4 Å². The van der Waals surface area contributed by atoms with Crippen LogP contribution in [0.15, 0.2) is 35.1 Å². The highest BCUT2D eigenvalue weighted by molar-refractivity contribution is 7.18. The molecule has 28 heavy (non-hydrogen) atoms. The Morgan fingerprint density at radius 1 is 1.25 bits per heavy atom. The van der Waals surface area contributed by atoms with Gasteiger partial charge in [-0.05, 0) is 31.9 Å². The van der Waals surface area contributed by atoms with Crippen LogP contribution in [0.4, 0.5) is 0 Å². The molecule has 2 heterocycles. The van der Waals surface area contributed by atoms with E-state index in [0.717, 1.165) is 16.0 Å². The predicted molar refractivity (Wildman–Crippen MR) is 107 cm³/mol. The summed E-state index contributed by atoms with van der Waals surface area (Å²) in [5.41, 5.74) is 1.52. The molecule has 1 amide bonds. The summed E-state index contributed by atoms with van der Waals surface area (Å²) in [5, 5.41) is 3.10. The van der Waals surface area contributed by atoms with Crippen molar-refractivity contribution in [3.8, 4) is 0 Å². The first-order valence-electron chi connectivity index (χ1n) is 8.85. The van der Waals surface area contributed by atoms with Crippen molar-refractivity contribution in [1.82, 2.24) is 15.3 Å². The zero-order valence-electron chi connectivity index (χ0n) is 15.9. The molecule has 0 aliphatic carbocycles. The number of nitrogens with zero attached hydrogens (tertiary/aromatic N) is 1. The van der Waals surface area contributed by atoms with Gasteiger partial charge >= 0.3 is 5.97 Å². The molecule has 1 aromatic carbocycles. The number of H-pyrrole nitrogens is 1. The third-order valence-electron chi connectivity index (χ3n) is 4.39. The molecule has 3 aromatic rings. The topological polar surface area (TPSA) is 101 Å². The lowest BCUT2D eigenvalue weighted by Crippen LogP contribution is -2.32. The maximum atomic E-state index is 12.3. The van der Waals surface area contributed by atoms with Gasteiger partial charge in [0.05, 0.1) is 11.8 Å². The van der Waals surface area contributed by atoms with Gasteiger partial charge in [0.25, 0.3) is 5.56 Å². The number of aromatic amines is 1. The highest BCUT2D eigenvalue weighted by atomic mass is 32.1. The summed E-state index contributed by atoms with van der Waals surface area (Å²) in [6.07, 6.45) is -0.551. The minimum absolute atomic E-state index is 0.187. The molecule has 146 valence electrons. The van der Waals surface area contributed by atoms with Gasteiger partial charge in [0.2, 0.25) is 5.91 Å². The van der Waals surface area contributed by atoms with E-state index in [1.807, 2.05) is 44.2 Å². The molecule has 2 N–H and O–H groups in total. The third-order valence-corrected chi connectivity index (χ3v) is 5.49. The van der Waals surface area contributed by atoms with Gasteiger partial charge in [0.15, 0.2) is 11.9 Å². The maximum absolute atomic E-state index is 12.3. The van der Waals surface area contributed by atoms with Crippen molar-refractivity contribution >= 4 is 33.4 Å². The first-order valence-corrected chi connectivity index (χ1v) is 9.67. The van der Waals surface area contributed by atoms with Gasteiger partial charge in [-0.3, -0.25) is 14.4 Å². The van der Waals surface area contributed by atoms with E-state index in [4.69, 9.17) is 4.74 Å². The highest BCUT2D eigenvalue weighted by Gasteiger charge is 2.18. The lowest BCUT2D eigenvalue weighted by atomic mass is 10.1. The van der Waals surface area contributed by atoms with E-state index < -0.39 is 12.1 Å². The summed E-state index contributed by atoms with van der Waals surface area (Å²) in [6, 6.07) is 9.24. The molecule has 0 bridgehead atoms. The molecular weight excluding hydrogens is 378 g/mol. The number of aryl methyl sites for hydroxylation is 2. The van der Waals surface area contributed by atoms with Crippen LogP contribution in [0.25, 0.3) is 10.2 Å². The molecular formula is C20H21N3O4S. The SMILES string of the molecule is Cc1sc2nc([C@@H](C)OC(=O)CNC(=O)Cc3ccccc3)[nH]c(=O)c2c1C. The summed E-state index contributed by atoms with van der Waals surface area (Å²) in [7, 11) is 0. The molecule has 2 aromatic heterocycles. The zero-order chi connectivity index (χ0) is 20.3. The van der Waals surface area contributed by atoms with Crippen LogP contribution < -0.4 is 10.9 Å². The van der Waals surface area contributed by atoms with E-state index in [9.17, 15) is 14.4 Å². The quantitative estimate of drug-likeness (QED) is 0.621. The number of carbonyl (C=O) groups is 2. The number of esters is 1. The van der Waals surface area contributed by atoms with Crippen LogP contribution in [0, 0.1) is 13.8 Å². The van der Waals surface area contributed by atoms with E-state index in [-0.39, 0.29) is 30.3 Å². The second kappa shape index (κ2) is 8.35. The molecule has 0 radical (unpaired) electrons. The van der Waals surface area contributed by atoms with Crippen molar-refractivity contribution in [1.29, 1.82) is 0 Å². The molecule has 7 nitrogen and oxygen atoms in total. The number of fused-ring (bicyclic) bond motifs is 1. The van der Waals surface area contributed by atoms with Crippen molar-refractivity contribution < 1.29 is 14.3 Å². The molecule has 1 atom stereocenters. The van der Waals surface area contributed by atoms with Crippen LogP contribution in [-0.4, -0.2) is 28.4 Å². The van der Waals surface area contributed by atoms with Crippen LogP contribution in [0.1, 0.15) is 34.9 Å². The second-order valence-corrected chi connectivity index (χ2v) is 7.69. The Labute approximate surface area is 165 Å². The monoisotopic (exact) mass is 399 g/mol. The van der Waals surface area contributed by atoms with Gasteiger partial charge in [-0.1, -0.05) is 30.3 Å². The number of ether oxygens (including phenoxy) is 1. The molecule has 0 aliphatic heterocycles. The summed E-state index contributed by atoms with van der Waals surface area (Å²) in [4.78, 5) is 45.0. The van der Waals surface area contributed by atoms with Gasteiger partial charge < -0.3 is 15.0 Å². The average Bonchev–Trinajstić information content (AvgIpc) is 2.95. The first kappa shape index (κ1) is 19.8. The van der Waals surface area contributed by atoms with Crippen molar-refractivity contribution in [2.45, 2.75) is 33.3 Å². The largest absolute Gasteiger partial charge is 0.453 e. The number of benzene rings is 1. The number of carbonyl (C=O) groups excluding carboxylic acids is 2. The lowest BCUT2D eigenvalue weighted by molar-refractivity contribution is -0.148. The Bertz CT molecular complexity index is 1070. The van der Waals surface area contributed by atoms with E-state index in [1.54, 1.807) is 6.92 Å². The number of aromatic nitrogens is 2. The van der Waals surface area contributed by atoms with E-state index in [0.29, 0.717) is 10.2 Å². The second-order valence-electron chi connectivity index (χ2n) is 6.49. The molecule has 3 rings (SSSR count). The minimum Gasteiger partial charge on any atom is -0.453 e. The van der Waals surface area contributed by atoms with Crippen LogP contribution >= 0.6 is 11.3 Å². The fourth-order valence-corrected chi connectivity index (χ4v) is 3.81. The fourth-order valence-electron chi connectivity index (χ4n) is 2.77. The summed E-state index contributed by atoms with van der Waals surface area (Å²) in [5.74, 6) is -0.591. The Balaban J connectivity index is 1.59. The predicted octanol–water partition coefficient (Wildman–Crippen LogP) is 2.56. The molecule has 0 aliphatic rings. The average molecular weight is 399 g/mol. The number of hydrogen-bond acceptors (Lipinski definition) is 6. The Morgan fingerprint density at radius 3 is 2.68 bits per heavy atom. The normalized spacial score (nSPS) is 12.0. The number of hydrogen-bond donors (Lipinski definition) is 2. The Morgan fingerprint density at radius 2 is 1.96 bits per heavy atom.